The maximum Gasteiger partial charge on any atom is 0.261 e. The third-order valence-electron chi connectivity index (χ3n) is 4.98. The predicted molar refractivity (Wildman–Crippen MR) is 106 cm³/mol. The predicted octanol–water partition coefficient (Wildman–Crippen LogP) is 3.85. The Labute approximate surface area is 151 Å². The van der Waals surface area contributed by atoms with Crippen LogP contribution in [0.2, 0.25) is 5.04 Å². The molecule has 3 rings (SSSR count). The summed E-state index contributed by atoms with van der Waals surface area (Å²) < 4.78 is 6.77. The van der Waals surface area contributed by atoms with Crippen molar-refractivity contribution in [3.8, 4) is 0 Å². The van der Waals surface area contributed by atoms with Crippen LogP contribution in [0.4, 0.5) is 0 Å². The summed E-state index contributed by atoms with van der Waals surface area (Å²) in [6.07, 6.45) is 3.51. The summed E-state index contributed by atoms with van der Waals surface area (Å²) >= 11 is 0. The van der Waals surface area contributed by atoms with E-state index in [0.717, 1.165) is 12.0 Å². The number of Topliss-reactive ketones (excluding diaryl/α,β-unsaturated/α-hetero) is 1. The highest BCUT2D eigenvalue weighted by Crippen LogP contribution is 2.37. The molecule has 0 amide bonds. The molecule has 2 aromatic carbocycles. The van der Waals surface area contributed by atoms with Crippen molar-refractivity contribution in [2.75, 3.05) is 6.61 Å². The fourth-order valence-corrected chi connectivity index (χ4v) is 8.27. The first-order valence-corrected chi connectivity index (χ1v) is 10.8. The second-order valence-corrected chi connectivity index (χ2v) is 11.9. The van der Waals surface area contributed by atoms with Gasteiger partial charge in [0.2, 0.25) is 0 Å². The lowest BCUT2D eigenvalue weighted by Crippen LogP contribution is -2.66. The summed E-state index contributed by atoms with van der Waals surface area (Å²) in [7, 11) is -2.54. The number of hydrogen-bond acceptors (Lipinski definition) is 2. The molecule has 0 aliphatic heterocycles. The smallest absolute Gasteiger partial charge is 0.261 e. The lowest BCUT2D eigenvalue weighted by molar-refractivity contribution is -0.115. The highest BCUT2D eigenvalue weighted by molar-refractivity contribution is 6.99. The SMILES string of the molecule is CC(C)(C)[Si](OCC1=CCCC1=O)(c1ccccc1)c1ccccc1. The van der Waals surface area contributed by atoms with Crippen LogP contribution >= 0.6 is 0 Å². The Bertz CT molecular complexity index is 718. The first-order chi connectivity index (χ1) is 11.9. The van der Waals surface area contributed by atoms with Crippen LogP contribution in [0.5, 0.6) is 0 Å². The third kappa shape index (κ3) is 3.39. The molecule has 0 aromatic heterocycles. The normalized spacial score (nSPS) is 15.3. The molecule has 0 radical (unpaired) electrons. The Morgan fingerprint density at radius 1 is 0.920 bits per heavy atom. The molecule has 25 heavy (non-hydrogen) atoms. The van der Waals surface area contributed by atoms with E-state index in [0.29, 0.717) is 13.0 Å². The number of carbonyl (C=O) groups is 1. The molecule has 0 saturated heterocycles. The summed E-state index contributed by atoms with van der Waals surface area (Å²) in [5.41, 5.74) is 0.841. The van der Waals surface area contributed by atoms with E-state index >= 15 is 0 Å². The Balaban J connectivity index is 2.10. The topological polar surface area (TPSA) is 26.3 Å². The van der Waals surface area contributed by atoms with Crippen LogP contribution < -0.4 is 10.4 Å². The first-order valence-electron chi connectivity index (χ1n) is 8.92. The zero-order valence-electron chi connectivity index (χ0n) is 15.3. The van der Waals surface area contributed by atoms with E-state index in [1.807, 2.05) is 18.2 Å². The van der Waals surface area contributed by atoms with Gasteiger partial charge in [0, 0.05) is 12.0 Å². The molecule has 1 aliphatic rings. The largest absolute Gasteiger partial charge is 0.403 e. The van der Waals surface area contributed by atoms with E-state index < -0.39 is 8.32 Å². The number of rotatable bonds is 5. The summed E-state index contributed by atoms with van der Waals surface area (Å²) in [4.78, 5) is 12.1. The summed E-state index contributed by atoms with van der Waals surface area (Å²) in [6.45, 7) is 7.17. The molecule has 0 N–H and O–H groups in total. The molecule has 1 aliphatic carbocycles. The van der Waals surface area contributed by atoms with Crippen LogP contribution in [0.15, 0.2) is 72.3 Å². The summed E-state index contributed by atoms with van der Waals surface area (Å²) in [5, 5.41) is 2.44. The van der Waals surface area contributed by atoms with Crippen molar-refractivity contribution in [1.82, 2.24) is 0 Å². The Morgan fingerprint density at radius 2 is 1.44 bits per heavy atom. The highest BCUT2D eigenvalue weighted by atomic mass is 28.4. The van der Waals surface area contributed by atoms with Crippen molar-refractivity contribution >= 4 is 24.5 Å². The van der Waals surface area contributed by atoms with Crippen LogP contribution in [0.25, 0.3) is 0 Å². The van der Waals surface area contributed by atoms with Crippen molar-refractivity contribution in [1.29, 1.82) is 0 Å². The van der Waals surface area contributed by atoms with Gasteiger partial charge in [-0.15, -0.1) is 0 Å². The van der Waals surface area contributed by atoms with E-state index in [-0.39, 0.29) is 10.8 Å². The van der Waals surface area contributed by atoms with Gasteiger partial charge in [-0.25, -0.2) is 0 Å². The molecule has 0 spiro atoms. The zero-order valence-corrected chi connectivity index (χ0v) is 16.3. The van der Waals surface area contributed by atoms with Gasteiger partial charge in [-0.3, -0.25) is 4.79 Å². The molecule has 0 bridgehead atoms. The van der Waals surface area contributed by atoms with Crippen molar-refractivity contribution < 1.29 is 9.22 Å². The second-order valence-electron chi connectivity index (χ2n) is 7.64. The van der Waals surface area contributed by atoms with Crippen molar-refractivity contribution in [3.05, 3.63) is 72.3 Å². The molecule has 0 atom stereocenters. The van der Waals surface area contributed by atoms with Gasteiger partial charge in [0.15, 0.2) is 5.78 Å². The molecule has 3 heteroatoms. The van der Waals surface area contributed by atoms with Crippen LogP contribution in [-0.4, -0.2) is 20.7 Å². The van der Waals surface area contributed by atoms with Gasteiger partial charge in [-0.1, -0.05) is 87.5 Å². The molecule has 0 heterocycles. The molecule has 0 fully saturated rings. The van der Waals surface area contributed by atoms with Crippen molar-refractivity contribution in [2.24, 2.45) is 0 Å². The summed E-state index contributed by atoms with van der Waals surface area (Å²) in [5.74, 6) is 0.234. The summed E-state index contributed by atoms with van der Waals surface area (Å²) in [6, 6.07) is 21.1. The Kier molecular flexibility index (Phi) is 5.07. The zero-order chi connectivity index (χ0) is 17.9. The van der Waals surface area contributed by atoms with Crippen LogP contribution in [0, 0.1) is 0 Å². The minimum absolute atomic E-state index is 0.0576. The van der Waals surface area contributed by atoms with Gasteiger partial charge in [-0.2, -0.15) is 0 Å². The number of carbonyl (C=O) groups excluding carboxylic acids is 1. The standard InChI is InChI=1S/C22H26O2Si/c1-22(2,3)25(19-12-6-4-7-13-19,20-14-8-5-9-15-20)24-17-18-11-10-16-21(18)23/h4-9,11-15H,10,16-17H2,1-3H3. The van der Waals surface area contributed by atoms with E-state index in [1.165, 1.54) is 10.4 Å². The molecular weight excluding hydrogens is 324 g/mol. The van der Waals surface area contributed by atoms with E-state index in [1.54, 1.807) is 0 Å². The van der Waals surface area contributed by atoms with Crippen LogP contribution in [0.1, 0.15) is 33.6 Å². The third-order valence-corrected chi connectivity index (χ3v) is 9.96. The molecule has 2 aromatic rings. The fourth-order valence-electron chi connectivity index (χ4n) is 3.74. The number of allylic oxidation sites excluding steroid dienone is 1. The van der Waals surface area contributed by atoms with Gasteiger partial charge in [-0.05, 0) is 21.8 Å². The van der Waals surface area contributed by atoms with Gasteiger partial charge < -0.3 is 4.43 Å². The van der Waals surface area contributed by atoms with Crippen LogP contribution in [0.3, 0.4) is 0 Å². The van der Waals surface area contributed by atoms with Gasteiger partial charge in [0.05, 0.1) is 6.61 Å². The lowest BCUT2D eigenvalue weighted by Gasteiger charge is -2.43. The van der Waals surface area contributed by atoms with E-state index in [9.17, 15) is 4.79 Å². The Hall–Kier alpha value is -1.97. The monoisotopic (exact) mass is 350 g/mol. The van der Waals surface area contributed by atoms with Crippen LogP contribution in [-0.2, 0) is 9.22 Å². The van der Waals surface area contributed by atoms with Gasteiger partial charge >= 0.3 is 0 Å². The first kappa shape index (κ1) is 17.8. The van der Waals surface area contributed by atoms with Gasteiger partial charge in [0.25, 0.3) is 8.32 Å². The Morgan fingerprint density at radius 3 is 1.84 bits per heavy atom. The number of hydrogen-bond donors (Lipinski definition) is 0. The molecule has 2 nitrogen and oxygen atoms in total. The average molecular weight is 351 g/mol. The number of ketones is 1. The number of benzene rings is 2. The minimum atomic E-state index is -2.54. The molecule has 0 saturated carbocycles. The average Bonchev–Trinajstić information content (AvgIpc) is 3.01. The quantitative estimate of drug-likeness (QED) is 0.766. The minimum Gasteiger partial charge on any atom is -0.403 e. The highest BCUT2D eigenvalue weighted by Gasteiger charge is 2.50. The van der Waals surface area contributed by atoms with Gasteiger partial charge in [0.1, 0.15) is 0 Å². The molecule has 0 unspecified atom stereocenters. The molecular formula is C22H26O2Si. The molecule has 130 valence electrons. The second kappa shape index (κ2) is 7.10. The van der Waals surface area contributed by atoms with E-state index in [2.05, 4.69) is 69.3 Å². The van der Waals surface area contributed by atoms with Crippen molar-refractivity contribution in [3.63, 3.8) is 0 Å². The lowest BCUT2D eigenvalue weighted by atomic mass is 10.2. The fraction of sp³-hybridized carbons (Fsp3) is 0.318. The van der Waals surface area contributed by atoms with Crippen molar-refractivity contribution in [2.45, 2.75) is 38.7 Å². The maximum atomic E-state index is 12.1. The van der Waals surface area contributed by atoms with E-state index in [4.69, 9.17) is 4.43 Å². The maximum absolute atomic E-state index is 12.1.